The number of primary amides is 1. The monoisotopic (exact) mass is 400 g/mol. The average Bonchev–Trinajstić information content (AvgIpc) is 2.96. The number of carbonyl (C=O) groups is 1. The van der Waals surface area contributed by atoms with E-state index < -0.39 is 11.7 Å². The number of aryl methyl sites for hydroxylation is 1. The van der Waals surface area contributed by atoms with Gasteiger partial charge in [-0.05, 0) is 31.9 Å². The molecule has 0 atom stereocenters. The third kappa shape index (κ3) is 3.25. The van der Waals surface area contributed by atoms with Crippen LogP contribution in [-0.4, -0.2) is 38.2 Å². The highest BCUT2D eigenvalue weighted by molar-refractivity contribution is 5.94. The molecule has 1 amide bonds. The normalized spacial score (nSPS) is 15.0. The minimum atomic E-state index is -0.834. The van der Waals surface area contributed by atoms with E-state index in [1.165, 1.54) is 17.6 Å². The Bertz CT molecular complexity index is 1160. The molecule has 0 radical (unpaired) electrons. The molecule has 9 nitrogen and oxygen atoms in total. The molecule has 1 aliphatic heterocycles. The van der Waals surface area contributed by atoms with E-state index >= 15 is 0 Å². The maximum absolute atomic E-state index is 14.4. The van der Waals surface area contributed by atoms with E-state index in [1.807, 2.05) is 0 Å². The largest absolute Gasteiger partial charge is 0.381 e. The van der Waals surface area contributed by atoms with Crippen molar-refractivity contribution in [2.45, 2.75) is 25.8 Å². The fourth-order valence-corrected chi connectivity index (χ4v) is 3.60. The number of benzene rings is 1. The topological polar surface area (TPSA) is 117 Å². The van der Waals surface area contributed by atoms with E-state index in [-0.39, 0.29) is 28.8 Å². The Morgan fingerprint density at radius 3 is 2.76 bits per heavy atom. The number of imidazole rings is 1. The first kappa shape index (κ1) is 19.1. The molecular formula is C19H21FN6O3. The number of nitrogens with zero attached hydrogens (tertiary/aromatic N) is 4. The second kappa shape index (κ2) is 7.28. The van der Waals surface area contributed by atoms with Crippen LogP contribution in [0, 0.1) is 12.7 Å². The number of amides is 1. The second-order valence-corrected chi connectivity index (χ2v) is 7.05. The minimum absolute atomic E-state index is 0.00303. The number of anilines is 2. The number of hydrogen-bond donors (Lipinski definition) is 2. The van der Waals surface area contributed by atoms with Crippen molar-refractivity contribution < 1.29 is 13.9 Å². The van der Waals surface area contributed by atoms with Gasteiger partial charge in [0.05, 0.1) is 11.8 Å². The Morgan fingerprint density at radius 1 is 1.34 bits per heavy atom. The van der Waals surface area contributed by atoms with Crippen LogP contribution in [0.5, 0.6) is 0 Å². The summed E-state index contributed by atoms with van der Waals surface area (Å²) < 4.78 is 23.0. The standard InChI is InChI=1S/C19H21FN6O3/c1-10-13(4-3-12(15(10)20)16(21)27)23-18-22-9-14-17(24-18)26(19(28)25(14)2)11-5-7-29-8-6-11/h3-4,9,11H,5-8H2,1-2H3,(H2,21,27)(H,22,23,24). The van der Waals surface area contributed by atoms with Crippen molar-refractivity contribution in [2.75, 3.05) is 18.5 Å². The molecule has 1 saturated heterocycles. The molecule has 3 heterocycles. The molecular weight excluding hydrogens is 379 g/mol. The molecule has 3 aromatic rings. The van der Waals surface area contributed by atoms with Crippen molar-refractivity contribution in [1.29, 1.82) is 0 Å². The van der Waals surface area contributed by atoms with Crippen LogP contribution >= 0.6 is 0 Å². The average molecular weight is 400 g/mol. The SMILES string of the molecule is Cc1c(Nc2ncc3c(n2)n(C2CCOCC2)c(=O)n3C)ccc(C(N)=O)c1F. The number of fused-ring (bicyclic) bond motifs is 1. The summed E-state index contributed by atoms with van der Waals surface area (Å²) >= 11 is 0. The first-order valence-corrected chi connectivity index (χ1v) is 9.26. The van der Waals surface area contributed by atoms with Gasteiger partial charge in [-0.3, -0.25) is 13.9 Å². The highest BCUT2D eigenvalue weighted by Gasteiger charge is 2.23. The molecule has 1 aromatic carbocycles. The number of aromatic nitrogens is 4. The molecule has 152 valence electrons. The van der Waals surface area contributed by atoms with Crippen LogP contribution in [0.1, 0.15) is 34.8 Å². The van der Waals surface area contributed by atoms with Crippen molar-refractivity contribution >= 4 is 28.7 Å². The van der Waals surface area contributed by atoms with Crippen molar-refractivity contribution in [1.82, 2.24) is 19.1 Å². The fraction of sp³-hybridized carbons (Fsp3) is 0.368. The Labute approximate surface area is 165 Å². The number of nitrogens with two attached hydrogens (primary N) is 1. The summed E-state index contributed by atoms with van der Waals surface area (Å²) in [6, 6.07) is 2.85. The Balaban J connectivity index is 1.75. The van der Waals surface area contributed by atoms with Crippen LogP contribution in [-0.2, 0) is 11.8 Å². The summed E-state index contributed by atoms with van der Waals surface area (Å²) in [4.78, 5) is 32.8. The van der Waals surface area contributed by atoms with Gasteiger partial charge in [-0.15, -0.1) is 0 Å². The lowest BCUT2D eigenvalue weighted by atomic mass is 10.1. The summed E-state index contributed by atoms with van der Waals surface area (Å²) in [7, 11) is 1.68. The Hall–Kier alpha value is -3.27. The number of rotatable bonds is 4. The van der Waals surface area contributed by atoms with Crippen molar-refractivity contribution in [3.8, 4) is 0 Å². The van der Waals surface area contributed by atoms with E-state index in [0.29, 0.717) is 30.1 Å². The second-order valence-electron chi connectivity index (χ2n) is 7.05. The smallest absolute Gasteiger partial charge is 0.330 e. The van der Waals surface area contributed by atoms with Gasteiger partial charge in [0.2, 0.25) is 5.95 Å². The van der Waals surface area contributed by atoms with Gasteiger partial charge in [-0.25, -0.2) is 14.2 Å². The highest BCUT2D eigenvalue weighted by atomic mass is 19.1. The molecule has 1 aliphatic rings. The summed E-state index contributed by atoms with van der Waals surface area (Å²) in [6.45, 7) is 2.71. The van der Waals surface area contributed by atoms with E-state index in [1.54, 1.807) is 23.9 Å². The van der Waals surface area contributed by atoms with Crippen LogP contribution in [0.4, 0.5) is 16.0 Å². The lowest BCUT2D eigenvalue weighted by Gasteiger charge is -2.22. The molecule has 4 rings (SSSR count). The maximum Gasteiger partial charge on any atom is 0.330 e. The molecule has 0 bridgehead atoms. The first-order chi connectivity index (χ1) is 13.9. The van der Waals surface area contributed by atoms with Crippen LogP contribution in [0.2, 0.25) is 0 Å². The minimum Gasteiger partial charge on any atom is -0.381 e. The third-order valence-corrected chi connectivity index (χ3v) is 5.29. The van der Waals surface area contributed by atoms with Crippen LogP contribution in [0.3, 0.4) is 0 Å². The first-order valence-electron chi connectivity index (χ1n) is 9.26. The zero-order valence-electron chi connectivity index (χ0n) is 16.1. The van der Waals surface area contributed by atoms with Crippen LogP contribution < -0.4 is 16.7 Å². The predicted molar refractivity (Wildman–Crippen MR) is 105 cm³/mol. The Kier molecular flexibility index (Phi) is 4.79. The quantitative estimate of drug-likeness (QED) is 0.689. The number of hydrogen-bond acceptors (Lipinski definition) is 6. The zero-order valence-corrected chi connectivity index (χ0v) is 16.1. The van der Waals surface area contributed by atoms with Gasteiger partial charge in [0.25, 0.3) is 5.91 Å². The lowest BCUT2D eigenvalue weighted by molar-refractivity contribution is 0.0695. The number of nitrogens with one attached hydrogen (secondary N) is 1. The van der Waals surface area contributed by atoms with Crippen LogP contribution in [0.15, 0.2) is 23.1 Å². The molecule has 3 N–H and O–H groups in total. The van der Waals surface area contributed by atoms with Gasteiger partial charge in [0.1, 0.15) is 11.3 Å². The maximum atomic E-state index is 14.4. The zero-order chi connectivity index (χ0) is 20.7. The summed E-state index contributed by atoms with van der Waals surface area (Å²) in [6.07, 6.45) is 3.01. The van der Waals surface area contributed by atoms with Gasteiger partial charge in [0, 0.05) is 37.6 Å². The van der Waals surface area contributed by atoms with Gasteiger partial charge in [0.15, 0.2) is 5.65 Å². The molecule has 29 heavy (non-hydrogen) atoms. The molecule has 0 unspecified atom stereocenters. The molecule has 0 aliphatic carbocycles. The summed E-state index contributed by atoms with van der Waals surface area (Å²) in [5.41, 5.74) is 6.59. The van der Waals surface area contributed by atoms with Crippen molar-refractivity contribution in [2.24, 2.45) is 12.8 Å². The summed E-state index contributed by atoms with van der Waals surface area (Å²) in [5, 5.41) is 2.97. The number of halogens is 1. The lowest BCUT2D eigenvalue weighted by Crippen LogP contribution is -2.30. The molecule has 0 spiro atoms. The van der Waals surface area contributed by atoms with Crippen LogP contribution in [0.25, 0.3) is 11.2 Å². The molecule has 1 fully saturated rings. The van der Waals surface area contributed by atoms with Gasteiger partial charge < -0.3 is 15.8 Å². The number of ether oxygens (including phenoxy) is 1. The third-order valence-electron chi connectivity index (χ3n) is 5.29. The van der Waals surface area contributed by atoms with Gasteiger partial charge >= 0.3 is 5.69 Å². The van der Waals surface area contributed by atoms with Crippen molar-refractivity contribution in [3.05, 3.63) is 45.8 Å². The van der Waals surface area contributed by atoms with Gasteiger partial charge in [-0.1, -0.05) is 0 Å². The predicted octanol–water partition coefficient (Wildman–Crippen LogP) is 1.77. The highest BCUT2D eigenvalue weighted by Crippen LogP contribution is 2.26. The molecule has 0 saturated carbocycles. The number of carbonyl (C=O) groups excluding carboxylic acids is 1. The fourth-order valence-electron chi connectivity index (χ4n) is 3.60. The van der Waals surface area contributed by atoms with E-state index in [9.17, 15) is 14.0 Å². The van der Waals surface area contributed by atoms with E-state index in [4.69, 9.17) is 10.5 Å². The Morgan fingerprint density at radius 2 is 2.07 bits per heavy atom. The van der Waals surface area contributed by atoms with E-state index in [2.05, 4.69) is 15.3 Å². The van der Waals surface area contributed by atoms with E-state index in [0.717, 1.165) is 12.8 Å². The van der Waals surface area contributed by atoms with Gasteiger partial charge in [-0.2, -0.15) is 4.98 Å². The summed E-state index contributed by atoms with van der Waals surface area (Å²) in [5.74, 6) is -1.31. The van der Waals surface area contributed by atoms with Crippen molar-refractivity contribution in [3.63, 3.8) is 0 Å². The molecule has 2 aromatic heterocycles. The molecule has 10 heteroatoms.